The average Bonchev–Trinajstić information content (AvgIpc) is 3.14. The molecule has 2 heteroatoms. The third-order valence-corrected chi connectivity index (χ3v) is 6.10. The summed E-state index contributed by atoms with van der Waals surface area (Å²) in [6.45, 7) is 4.94. The van der Waals surface area contributed by atoms with Crippen molar-refractivity contribution in [1.29, 1.82) is 0 Å². The van der Waals surface area contributed by atoms with Crippen molar-refractivity contribution in [2.75, 3.05) is 26.2 Å². The van der Waals surface area contributed by atoms with Gasteiger partial charge in [0.2, 0.25) is 0 Å². The quantitative estimate of drug-likeness (QED) is 0.756. The van der Waals surface area contributed by atoms with E-state index < -0.39 is 0 Å². The molecule has 4 aliphatic rings. The third-order valence-electron chi connectivity index (χ3n) is 6.10. The molecule has 0 aromatic carbocycles. The van der Waals surface area contributed by atoms with Crippen molar-refractivity contribution < 1.29 is 0 Å². The molecule has 0 amide bonds. The van der Waals surface area contributed by atoms with Crippen LogP contribution in [0.3, 0.4) is 0 Å². The zero-order valence-corrected chi connectivity index (χ0v) is 11.9. The summed E-state index contributed by atoms with van der Waals surface area (Å²) < 4.78 is 0. The summed E-state index contributed by atoms with van der Waals surface area (Å²) in [5.74, 6) is 0. The molecule has 2 aliphatic carbocycles. The van der Waals surface area contributed by atoms with Gasteiger partial charge in [0.1, 0.15) is 0 Å². The zero-order chi connectivity index (χ0) is 12.8. The zero-order valence-electron chi connectivity index (χ0n) is 11.9. The highest BCUT2D eigenvalue weighted by molar-refractivity contribution is 5.39. The van der Waals surface area contributed by atoms with Crippen LogP contribution < -0.4 is 10.6 Å². The first-order valence-corrected chi connectivity index (χ1v) is 8.09. The summed E-state index contributed by atoms with van der Waals surface area (Å²) in [7, 11) is 0. The van der Waals surface area contributed by atoms with Crippen molar-refractivity contribution in [3.8, 4) is 0 Å². The van der Waals surface area contributed by atoms with E-state index in [1.54, 1.807) is 11.1 Å². The molecule has 4 rings (SSSR count). The Morgan fingerprint density at radius 2 is 1.32 bits per heavy atom. The summed E-state index contributed by atoms with van der Waals surface area (Å²) in [5, 5.41) is 7.08. The van der Waals surface area contributed by atoms with Gasteiger partial charge < -0.3 is 10.6 Å². The van der Waals surface area contributed by atoms with Crippen LogP contribution in [0.2, 0.25) is 0 Å². The van der Waals surface area contributed by atoms with Crippen LogP contribution in [0.15, 0.2) is 23.3 Å². The summed E-state index contributed by atoms with van der Waals surface area (Å²) in [6, 6.07) is 0. The minimum Gasteiger partial charge on any atom is -0.317 e. The highest BCUT2D eigenvalue weighted by Gasteiger charge is 2.41. The first-order chi connectivity index (χ1) is 9.29. The Kier molecular flexibility index (Phi) is 2.85. The fourth-order valence-electron chi connectivity index (χ4n) is 4.72. The molecule has 0 radical (unpaired) electrons. The van der Waals surface area contributed by atoms with Crippen molar-refractivity contribution in [2.45, 2.75) is 44.9 Å². The van der Waals surface area contributed by atoms with Crippen molar-refractivity contribution in [2.24, 2.45) is 10.8 Å². The molecule has 0 bridgehead atoms. The third kappa shape index (κ3) is 2.09. The lowest BCUT2D eigenvalue weighted by Crippen LogP contribution is -2.35. The normalized spacial score (nSPS) is 37.1. The topological polar surface area (TPSA) is 24.1 Å². The van der Waals surface area contributed by atoms with Crippen molar-refractivity contribution in [3.05, 3.63) is 23.3 Å². The van der Waals surface area contributed by atoms with Crippen molar-refractivity contribution in [3.63, 3.8) is 0 Å². The second-order valence-electron chi connectivity index (χ2n) is 7.40. The Hall–Kier alpha value is -0.600. The first kappa shape index (κ1) is 12.2. The minimum atomic E-state index is 0.597. The van der Waals surface area contributed by atoms with Crippen LogP contribution >= 0.6 is 0 Å². The summed E-state index contributed by atoms with van der Waals surface area (Å²) in [6.07, 6.45) is 14.7. The maximum absolute atomic E-state index is 3.56. The molecule has 2 N–H and O–H groups in total. The van der Waals surface area contributed by atoms with Gasteiger partial charge in [-0.05, 0) is 86.6 Å². The number of hydrogen-bond donors (Lipinski definition) is 2. The van der Waals surface area contributed by atoms with Gasteiger partial charge in [-0.15, -0.1) is 0 Å². The van der Waals surface area contributed by atoms with Crippen molar-refractivity contribution in [1.82, 2.24) is 10.6 Å². The van der Waals surface area contributed by atoms with E-state index >= 15 is 0 Å². The van der Waals surface area contributed by atoms with E-state index in [1.807, 2.05) is 0 Å². The van der Waals surface area contributed by atoms with Gasteiger partial charge in [-0.25, -0.2) is 0 Å². The van der Waals surface area contributed by atoms with Gasteiger partial charge in [-0.3, -0.25) is 0 Å². The highest BCUT2D eigenvalue weighted by atomic mass is 14.9. The van der Waals surface area contributed by atoms with Crippen LogP contribution in [-0.4, -0.2) is 26.2 Å². The molecule has 2 saturated heterocycles. The fourth-order valence-corrected chi connectivity index (χ4v) is 4.72. The molecule has 1 atom stereocenters. The second kappa shape index (κ2) is 4.46. The predicted molar refractivity (Wildman–Crippen MR) is 79.1 cm³/mol. The number of hydrogen-bond acceptors (Lipinski definition) is 2. The van der Waals surface area contributed by atoms with Gasteiger partial charge in [0.25, 0.3) is 0 Å². The first-order valence-electron chi connectivity index (χ1n) is 8.09. The SMILES string of the molecule is C1=C(C2=CCC3(CCNC3)C2)CC2(C1)CCNCC2. The maximum atomic E-state index is 3.56. The minimum absolute atomic E-state index is 0.597. The molecule has 2 spiro atoms. The van der Waals surface area contributed by atoms with Crippen LogP contribution in [0.5, 0.6) is 0 Å². The van der Waals surface area contributed by atoms with Gasteiger partial charge >= 0.3 is 0 Å². The summed E-state index contributed by atoms with van der Waals surface area (Å²) in [4.78, 5) is 0. The van der Waals surface area contributed by atoms with E-state index in [9.17, 15) is 0 Å². The lowest BCUT2D eigenvalue weighted by atomic mass is 9.75. The van der Waals surface area contributed by atoms with Gasteiger partial charge in [-0.1, -0.05) is 12.2 Å². The van der Waals surface area contributed by atoms with Crippen molar-refractivity contribution >= 4 is 0 Å². The molecule has 2 heterocycles. The van der Waals surface area contributed by atoms with Crippen LogP contribution in [0, 0.1) is 10.8 Å². The fraction of sp³-hybridized carbons (Fsp3) is 0.765. The van der Waals surface area contributed by atoms with E-state index in [0.29, 0.717) is 10.8 Å². The molecule has 19 heavy (non-hydrogen) atoms. The van der Waals surface area contributed by atoms with E-state index in [-0.39, 0.29) is 0 Å². The summed E-state index contributed by atoms with van der Waals surface area (Å²) in [5.41, 5.74) is 4.65. The Balaban J connectivity index is 1.44. The number of nitrogens with one attached hydrogen (secondary N) is 2. The van der Waals surface area contributed by atoms with Gasteiger partial charge in [0, 0.05) is 6.54 Å². The largest absolute Gasteiger partial charge is 0.317 e. The van der Waals surface area contributed by atoms with Crippen LogP contribution in [0.25, 0.3) is 0 Å². The molecular weight excluding hydrogens is 232 g/mol. The predicted octanol–water partition coefficient (Wildman–Crippen LogP) is 2.78. The molecule has 2 nitrogen and oxygen atoms in total. The second-order valence-corrected chi connectivity index (χ2v) is 7.40. The molecular formula is C17H26N2. The van der Waals surface area contributed by atoms with E-state index in [1.165, 1.54) is 71.1 Å². The monoisotopic (exact) mass is 258 g/mol. The maximum Gasteiger partial charge on any atom is 0.00145 e. The Labute approximate surface area is 116 Å². The van der Waals surface area contributed by atoms with Gasteiger partial charge in [-0.2, -0.15) is 0 Å². The number of rotatable bonds is 1. The Morgan fingerprint density at radius 3 is 2.00 bits per heavy atom. The lowest BCUT2D eigenvalue weighted by molar-refractivity contribution is 0.217. The Bertz CT molecular complexity index is 421. The molecule has 1 unspecified atom stereocenters. The lowest BCUT2D eigenvalue weighted by Gasteiger charge is -2.34. The molecule has 0 aromatic heterocycles. The van der Waals surface area contributed by atoms with E-state index in [2.05, 4.69) is 22.8 Å². The van der Waals surface area contributed by atoms with Crippen LogP contribution in [-0.2, 0) is 0 Å². The van der Waals surface area contributed by atoms with Crippen LogP contribution in [0.4, 0.5) is 0 Å². The van der Waals surface area contributed by atoms with Gasteiger partial charge in [0.05, 0.1) is 0 Å². The van der Waals surface area contributed by atoms with E-state index in [0.717, 1.165) is 0 Å². The molecule has 2 fully saturated rings. The van der Waals surface area contributed by atoms with Crippen LogP contribution in [0.1, 0.15) is 44.9 Å². The van der Waals surface area contributed by atoms with Gasteiger partial charge in [0.15, 0.2) is 0 Å². The smallest absolute Gasteiger partial charge is 0.00145 e. The standard InChI is InChI=1S/C17H26N2/c1-3-16(5-8-18-9-6-16)11-14(1)15-2-4-17(12-15)7-10-19-13-17/h1-2,18-19H,3-13H2. The molecule has 0 aromatic rings. The molecule has 0 saturated carbocycles. The number of allylic oxidation sites excluding steroid dienone is 4. The number of piperidine rings is 1. The molecule has 104 valence electrons. The summed E-state index contributed by atoms with van der Waals surface area (Å²) >= 11 is 0. The van der Waals surface area contributed by atoms with E-state index in [4.69, 9.17) is 0 Å². The highest BCUT2D eigenvalue weighted by Crippen LogP contribution is 2.51. The molecule has 2 aliphatic heterocycles. The average molecular weight is 258 g/mol. The Morgan fingerprint density at radius 1 is 0.737 bits per heavy atom.